The highest BCUT2D eigenvalue weighted by Crippen LogP contribution is 2.41. The van der Waals surface area contributed by atoms with Gasteiger partial charge in [-0.25, -0.2) is 0 Å². The average Bonchev–Trinajstić information content (AvgIpc) is 2.69. The molecule has 0 heterocycles. The maximum atomic E-state index is 9.68. The van der Waals surface area contributed by atoms with Gasteiger partial charge >= 0.3 is 0 Å². The first-order chi connectivity index (χ1) is 13.1. The van der Waals surface area contributed by atoms with Crippen LogP contribution in [0, 0.1) is 0 Å². The molecular weight excluding hydrogens is 348 g/mol. The van der Waals surface area contributed by atoms with Gasteiger partial charge in [0.2, 0.25) is 0 Å². The Bertz CT molecular complexity index is 1000. The highest BCUT2D eigenvalue weighted by molar-refractivity contribution is 5.94. The number of hydrogen-bond donors (Lipinski definition) is 3. The van der Waals surface area contributed by atoms with Gasteiger partial charge in [-0.3, -0.25) is 0 Å². The summed E-state index contributed by atoms with van der Waals surface area (Å²) < 4.78 is 0. The van der Waals surface area contributed by atoms with Crippen LogP contribution >= 0.6 is 0 Å². The lowest BCUT2D eigenvalue weighted by Gasteiger charge is -2.16. The molecule has 0 amide bonds. The average molecular weight is 370 g/mol. The van der Waals surface area contributed by atoms with Gasteiger partial charge in [-0.15, -0.1) is 0 Å². The molecule has 0 aliphatic heterocycles. The normalized spacial score (nSPS) is 10.3. The number of aromatic hydroxyl groups is 3. The Morgan fingerprint density at radius 1 is 0.393 bits per heavy atom. The van der Waals surface area contributed by atoms with Gasteiger partial charge in [-0.2, -0.15) is 0 Å². The third-order valence-electron chi connectivity index (χ3n) is 4.58. The van der Waals surface area contributed by atoms with Crippen molar-refractivity contribution in [1.82, 2.24) is 0 Å². The zero-order valence-corrected chi connectivity index (χ0v) is 14.5. The minimum absolute atomic E-state index is 0. The maximum absolute atomic E-state index is 9.68. The third kappa shape index (κ3) is 3.69. The fourth-order valence-electron chi connectivity index (χ4n) is 3.25. The molecule has 0 unspecified atom stereocenters. The molecule has 3 heteroatoms. The summed E-state index contributed by atoms with van der Waals surface area (Å²) in [6, 6.07) is 27.4. The van der Waals surface area contributed by atoms with E-state index in [0.717, 1.165) is 33.4 Å². The maximum Gasteiger partial charge on any atom is 0.115 e. The summed E-state index contributed by atoms with van der Waals surface area (Å²) in [5, 5.41) is 28.9. The van der Waals surface area contributed by atoms with Crippen molar-refractivity contribution in [2.45, 2.75) is 7.43 Å². The summed E-state index contributed by atoms with van der Waals surface area (Å²) in [7, 11) is 0. The van der Waals surface area contributed by atoms with Crippen LogP contribution in [0.1, 0.15) is 7.43 Å². The van der Waals surface area contributed by atoms with E-state index in [4.69, 9.17) is 0 Å². The second-order valence-corrected chi connectivity index (χ2v) is 6.37. The Labute approximate surface area is 164 Å². The van der Waals surface area contributed by atoms with Gasteiger partial charge < -0.3 is 15.3 Å². The molecule has 0 saturated heterocycles. The van der Waals surface area contributed by atoms with Crippen LogP contribution in [0.4, 0.5) is 0 Å². The largest absolute Gasteiger partial charge is 0.508 e. The second-order valence-electron chi connectivity index (χ2n) is 6.37. The molecule has 3 nitrogen and oxygen atoms in total. The predicted molar refractivity (Wildman–Crippen MR) is 114 cm³/mol. The van der Waals surface area contributed by atoms with Crippen molar-refractivity contribution in [2.75, 3.05) is 0 Å². The Kier molecular flexibility index (Phi) is 5.37. The number of hydrogen-bond acceptors (Lipinski definition) is 3. The Balaban J connectivity index is 0.00000225. The van der Waals surface area contributed by atoms with Gasteiger partial charge in [0, 0.05) is 0 Å². The van der Waals surface area contributed by atoms with Gasteiger partial charge in [0.1, 0.15) is 17.2 Å². The lowest BCUT2D eigenvalue weighted by Crippen LogP contribution is -1.90. The van der Waals surface area contributed by atoms with Crippen molar-refractivity contribution in [3.63, 3.8) is 0 Å². The summed E-state index contributed by atoms with van der Waals surface area (Å²) >= 11 is 0. The second kappa shape index (κ2) is 7.89. The van der Waals surface area contributed by atoms with Crippen LogP contribution in [-0.4, -0.2) is 15.3 Å². The number of rotatable bonds is 3. The SMILES string of the molecule is C.Oc1ccc(-c2cccc(-c3ccc(O)cc3)c2-c2ccc(O)cc2)cc1. The lowest BCUT2D eigenvalue weighted by molar-refractivity contribution is 0.475. The van der Waals surface area contributed by atoms with Crippen molar-refractivity contribution in [3.05, 3.63) is 91.0 Å². The molecule has 0 aliphatic carbocycles. The Morgan fingerprint density at radius 2 is 0.714 bits per heavy atom. The van der Waals surface area contributed by atoms with Crippen LogP contribution in [0.5, 0.6) is 17.2 Å². The topological polar surface area (TPSA) is 60.7 Å². The summed E-state index contributed by atoms with van der Waals surface area (Å²) in [5.41, 5.74) is 6.00. The molecule has 3 N–H and O–H groups in total. The first-order valence-corrected chi connectivity index (χ1v) is 8.63. The zero-order valence-electron chi connectivity index (χ0n) is 14.5. The van der Waals surface area contributed by atoms with E-state index in [1.54, 1.807) is 36.4 Å². The summed E-state index contributed by atoms with van der Waals surface area (Å²) in [4.78, 5) is 0. The first kappa shape index (κ1) is 19.1. The molecule has 4 aromatic rings. The molecule has 0 fully saturated rings. The van der Waals surface area contributed by atoms with E-state index >= 15 is 0 Å². The van der Waals surface area contributed by atoms with Crippen LogP contribution in [0.25, 0.3) is 33.4 Å². The quantitative estimate of drug-likeness (QED) is 0.389. The lowest BCUT2D eigenvalue weighted by atomic mass is 9.87. The van der Waals surface area contributed by atoms with Crippen molar-refractivity contribution in [3.8, 4) is 50.6 Å². The van der Waals surface area contributed by atoms with Crippen molar-refractivity contribution in [1.29, 1.82) is 0 Å². The number of phenolic OH excluding ortho intramolecular Hbond substituents is 3. The van der Waals surface area contributed by atoms with Gasteiger partial charge in [-0.05, 0) is 69.8 Å². The first-order valence-electron chi connectivity index (χ1n) is 8.63. The monoisotopic (exact) mass is 370 g/mol. The Hall–Kier alpha value is -3.72. The molecule has 140 valence electrons. The molecule has 0 radical (unpaired) electrons. The molecule has 0 aromatic heterocycles. The highest BCUT2D eigenvalue weighted by atomic mass is 16.3. The van der Waals surface area contributed by atoms with E-state index in [0.29, 0.717) is 0 Å². The van der Waals surface area contributed by atoms with Crippen LogP contribution < -0.4 is 0 Å². The Morgan fingerprint density at radius 3 is 1.07 bits per heavy atom. The molecule has 0 spiro atoms. The standard InChI is InChI=1S/C24H18O3.CH4/c25-19-10-4-16(5-11-19)22-2-1-3-23(17-6-12-20(26)13-7-17)24(22)18-8-14-21(27)15-9-18;/h1-15,25-27H;1H4. The van der Waals surface area contributed by atoms with Gasteiger partial charge in [0.25, 0.3) is 0 Å². The van der Waals surface area contributed by atoms with E-state index in [-0.39, 0.29) is 24.7 Å². The summed E-state index contributed by atoms with van der Waals surface area (Å²) in [6.45, 7) is 0. The van der Waals surface area contributed by atoms with E-state index in [1.807, 2.05) is 54.6 Å². The van der Waals surface area contributed by atoms with Crippen LogP contribution in [0.3, 0.4) is 0 Å². The highest BCUT2D eigenvalue weighted by Gasteiger charge is 2.14. The molecule has 4 aromatic carbocycles. The fourth-order valence-corrected chi connectivity index (χ4v) is 3.25. The van der Waals surface area contributed by atoms with Crippen molar-refractivity contribution < 1.29 is 15.3 Å². The smallest absolute Gasteiger partial charge is 0.115 e. The molecule has 0 atom stereocenters. The number of benzene rings is 4. The predicted octanol–water partition coefficient (Wildman–Crippen LogP) is 6.44. The van der Waals surface area contributed by atoms with Gasteiger partial charge in [-0.1, -0.05) is 62.0 Å². The molecular formula is C25H22O3. The molecule has 0 saturated carbocycles. The van der Waals surface area contributed by atoms with Gasteiger partial charge in [0.15, 0.2) is 0 Å². The van der Waals surface area contributed by atoms with E-state index in [9.17, 15) is 15.3 Å². The van der Waals surface area contributed by atoms with Gasteiger partial charge in [0.05, 0.1) is 0 Å². The van der Waals surface area contributed by atoms with Crippen molar-refractivity contribution >= 4 is 0 Å². The number of phenols is 3. The minimum Gasteiger partial charge on any atom is -0.508 e. The summed E-state index contributed by atoms with van der Waals surface area (Å²) in [5.74, 6) is 0.659. The molecule has 0 aliphatic rings. The van der Waals surface area contributed by atoms with E-state index < -0.39 is 0 Å². The van der Waals surface area contributed by atoms with Crippen LogP contribution in [-0.2, 0) is 0 Å². The minimum atomic E-state index is 0. The van der Waals surface area contributed by atoms with Crippen LogP contribution in [0.15, 0.2) is 91.0 Å². The molecule has 0 bridgehead atoms. The van der Waals surface area contributed by atoms with Crippen LogP contribution in [0.2, 0.25) is 0 Å². The van der Waals surface area contributed by atoms with E-state index in [2.05, 4.69) is 0 Å². The molecule has 28 heavy (non-hydrogen) atoms. The molecule has 4 rings (SSSR count). The zero-order chi connectivity index (χ0) is 18.8. The summed E-state index contributed by atoms with van der Waals surface area (Å²) in [6.07, 6.45) is 0. The fraction of sp³-hybridized carbons (Fsp3) is 0.0400. The van der Waals surface area contributed by atoms with Crippen molar-refractivity contribution in [2.24, 2.45) is 0 Å². The third-order valence-corrected chi connectivity index (χ3v) is 4.58. The van der Waals surface area contributed by atoms with E-state index in [1.165, 1.54) is 0 Å².